The van der Waals surface area contributed by atoms with Crippen molar-refractivity contribution in [3.63, 3.8) is 0 Å². The van der Waals surface area contributed by atoms with Crippen molar-refractivity contribution >= 4 is 44.5 Å². The molecular formula is C10H7N5O4S2. The van der Waals surface area contributed by atoms with Gasteiger partial charge in [0, 0.05) is 6.07 Å². The van der Waals surface area contributed by atoms with Gasteiger partial charge in [-0.3, -0.25) is 9.82 Å². The zero-order valence-electron chi connectivity index (χ0n) is 10.1. The lowest BCUT2D eigenvalue weighted by atomic mass is 10.3. The van der Waals surface area contributed by atoms with E-state index in [0.29, 0.717) is 5.69 Å². The number of H-pyrrole nitrogens is 1. The number of aromatic carboxylic acids is 1. The molecule has 3 N–H and O–H groups in total. The molecule has 0 spiro atoms. The van der Waals surface area contributed by atoms with E-state index < -0.39 is 16.0 Å². The second-order valence-electron chi connectivity index (χ2n) is 3.97. The van der Waals surface area contributed by atoms with Crippen molar-refractivity contribution in [1.29, 1.82) is 0 Å². The molecular weight excluding hydrogens is 318 g/mol. The van der Waals surface area contributed by atoms with Gasteiger partial charge in [-0.05, 0) is 12.1 Å². The van der Waals surface area contributed by atoms with Gasteiger partial charge in [-0.1, -0.05) is 6.07 Å². The summed E-state index contributed by atoms with van der Waals surface area (Å²) in [5, 5.41) is 14.6. The molecule has 21 heavy (non-hydrogen) atoms. The number of carboxylic acids is 1. The monoisotopic (exact) mass is 325 g/mol. The number of benzene rings is 1. The van der Waals surface area contributed by atoms with Gasteiger partial charge in [-0.25, -0.2) is 13.2 Å². The van der Waals surface area contributed by atoms with Gasteiger partial charge in [0.05, 0.1) is 11.4 Å². The number of nitrogens with zero attached hydrogens (tertiary/aromatic N) is 3. The highest BCUT2D eigenvalue weighted by Gasteiger charge is 2.23. The Bertz CT molecular complexity index is 911. The third-order valence-corrected chi connectivity index (χ3v) is 4.51. The summed E-state index contributed by atoms with van der Waals surface area (Å²) in [5.41, 5.74) is 0.501. The fourth-order valence-corrected chi connectivity index (χ4v) is 3.43. The summed E-state index contributed by atoms with van der Waals surface area (Å²) in [5.74, 6) is -1.36. The number of aromatic nitrogens is 2. The molecule has 108 valence electrons. The number of hydrogen-bond acceptors (Lipinski definition) is 6. The third kappa shape index (κ3) is 2.43. The lowest BCUT2D eigenvalue weighted by Crippen LogP contribution is -2.13. The Kier molecular flexibility index (Phi) is 3.07. The summed E-state index contributed by atoms with van der Waals surface area (Å²) >= 11 is 0.906. The number of aromatic amines is 1. The van der Waals surface area contributed by atoms with Crippen LogP contribution in [0.25, 0.3) is 0 Å². The van der Waals surface area contributed by atoms with E-state index in [1.807, 2.05) is 0 Å². The van der Waals surface area contributed by atoms with E-state index in [-0.39, 0.29) is 22.1 Å². The van der Waals surface area contributed by atoms with E-state index in [2.05, 4.69) is 23.6 Å². The first-order chi connectivity index (χ1) is 9.97. The summed E-state index contributed by atoms with van der Waals surface area (Å²) in [6.45, 7) is 0. The largest absolute Gasteiger partial charge is 0.477 e. The summed E-state index contributed by atoms with van der Waals surface area (Å²) in [6.07, 6.45) is 0. The molecule has 0 radical (unpaired) electrons. The van der Waals surface area contributed by atoms with Crippen molar-refractivity contribution in [2.75, 3.05) is 4.72 Å². The van der Waals surface area contributed by atoms with E-state index in [4.69, 9.17) is 5.11 Å². The van der Waals surface area contributed by atoms with Crippen LogP contribution in [0, 0.1) is 0 Å². The molecule has 2 aromatic rings. The predicted molar refractivity (Wildman–Crippen MR) is 74.3 cm³/mol. The number of rotatable bonds is 4. The number of hydrogen-bond donors (Lipinski definition) is 3. The second kappa shape index (κ2) is 4.79. The Morgan fingerprint density at radius 3 is 2.86 bits per heavy atom. The smallest absolute Gasteiger partial charge is 0.353 e. The van der Waals surface area contributed by atoms with Crippen molar-refractivity contribution in [3.8, 4) is 0 Å². The lowest BCUT2D eigenvalue weighted by Gasteiger charge is -2.07. The maximum atomic E-state index is 12.3. The van der Waals surface area contributed by atoms with E-state index in [1.165, 1.54) is 6.07 Å². The van der Waals surface area contributed by atoms with Gasteiger partial charge in [0.1, 0.15) is 22.0 Å². The average molecular weight is 325 g/mol. The summed E-state index contributed by atoms with van der Waals surface area (Å²) in [6, 6.07) is 5.66. The predicted octanol–water partition coefficient (Wildman–Crippen LogP) is 1.64. The molecule has 0 aliphatic carbocycles. The zero-order valence-corrected chi connectivity index (χ0v) is 11.8. The highest BCUT2D eigenvalue weighted by atomic mass is 32.2. The van der Waals surface area contributed by atoms with Crippen LogP contribution in [0.3, 0.4) is 0 Å². The van der Waals surface area contributed by atoms with Crippen LogP contribution in [0.5, 0.6) is 0 Å². The van der Waals surface area contributed by atoms with Crippen molar-refractivity contribution < 1.29 is 18.3 Å². The van der Waals surface area contributed by atoms with E-state index in [1.54, 1.807) is 12.1 Å². The number of nitrogens with one attached hydrogen (secondary N) is 2. The quantitative estimate of drug-likeness (QED) is 0.669. The fraction of sp³-hybridized carbons (Fsp3) is 0. The van der Waals surface area contributed by atoms with Crippen LogP contribution in [0.15, 0.2) is 37.9 Å². The minimum Gasteiger partial charge on any atom is -0.477 e. The second-order valence-corrected chi connectivity index (χ2v) is 6.14. The van der Waals surface area contributed by atoms with Crippen molar-refractivity contribution in [3.05, 3.63) is 30.0 Å². The maximum Gasteiger partial charge on any atom is 0.353 e. The molecule has 3 rings (SSSR count). The summed E-state index contributed by atoms with van der Waals surface area (Å²) < 4.78 is 34.7. The highest BCUT2D eigenvalue weighted by Crippen LogP contribution is 2.37. The number of anilines is 1. The molecule has 0 unspecified atom stereocenters. The van der Waals surface area contributed by atoms with E-state index in [0.717, 1.165) is 17.4 Å². The molecule has 0 fully saturated rings. The fourth-order valence-electron chi connectivity index (χ4n) is 1.67. The molecule has 9 nitrogen and oxygen atoms in total. The average Bonchev–Trinajstić information content (AvgIpc) is 3.05. The topological polar surface area (TPSA) is 137 Å². The molecule has 0 atom stereocenters. The molecule has 0 saturated heterocycles. The molecule has 0 bridgehead atoms. The van der Waals surface area contributed by atoms with Crippen LogP contribution < -0.4 is 4.72 Å². The van der Waals surface area contributed by atoms with Crippen LogP contribution in [0.2, 0.25) is 0 Å². The van der Waals surface area contributed by atoms with Crippen LogP contribution in [-0.4, -0.2) is 29.7 Å². The van der Waals surface area contributed by atoms with Crippen molar-refractivity contribution in [2.45, 2.75) is 4.90 Å². The van der Waals surface area contributed by atoms with Crippen LogP contribution >= 0.6 is 0 Å². The minimum absolute atomic E-state index is 0.0476. The van der Waals surface area contributed by atoms with Gasteiger partial charge >= 0.3 is 5.97 Å². The van der Waals surface area contributed by atoms with Crippen molar-refractivity contribution in [2.24, 2.45) is 8.73 Å². The zero-order chi connectivity index (χ0) is 15.0. The number of sulfonamides is 1. The summed E-state index contributed by atoms with van der Waals surface area (Å²) in [7, 11) is -3.94. The van der Waals surface area contributed by atoms with Gasteiger partial charge in [0.15, 0.2) is 5.82 Å². The lowest BCUT2D eigenvalue weighted by molar-refractivity contribution is 0.0690. The molecule has 0 amide bonds. The molecule has 1 aromatic heterocycles. The Morgan fingerprint density at radius 2 is 2.14 bits per heavy atom. The molecule has 11 heteroatoms. The van der Waals surface area contributed by atoms with Crippen LogP contribution in [0.4, 0.5) is 17.2 Å². The Hall–Kier alpha value is -2.53. The first-order valence-corrected chi connectivity index (χ1v) is 7.71. The number of carboxylic acid groups (broad SMARTS) is 1. The van der Waals surface area contributed by atoms with Crippen LogP contribution in [-0.2, 0) is 21.4 Å². The Labute approximate surface area is 122 Å². The Morgan fingerprint density at radius 1 is 1.33 bits per heavy atom. The van der Waals surface area contributed by atoms with Crippen molar-refractivity contribution in [1.82, 2.24) is 10.2 Å². The molecule has 0 saturated carbocycles. The molecule has 1 aliphatic heterocycles. The minimum atomic E-state index is -3.94. The normalized spacial score (nSPS) is 12.8. The van der Waals surface area contributed by atoms with E-state index >= 15 is 0 Å². The SMILES string of the molecule is O=C(O)c1cc(NS(=O)(=O)c2cccc3c2N=S=N3)n[nH]1. The van der Waals surface area contributed by atoms with Gasteiger partial charge in [-0.15, -0.1) is 0 Å². The first kappa shape index (κ1) is 13.5. The molecule has 1 aromatic carbocycles. The maximum absolute atomic E-state index is 12.3. The standard InChI is InChI=1S/C10H7N5O4S2/c16-10(17)6-4-8(12-11-6)15-21(18,19)7-3-1-2-5-9(7)14-20-13-5/h1-4H,(H,16,17)(H2,11,12,15). The van der Waals surface area contributed by atoms with E-state index in [9.17, 15) is 13.2 Å². The van der Waals surface area contributed by atoms with Gasteiger partial charge in [0.2, 0.25) is 0 Å². The first-order valence-electron chi connectivity index (χ1n) is 5.50. The number of carbonyl (C=O) groups is 1. The van der Waals surface area contributed by atoms with Crippen LogP contribution in [0.1, 0.15) is 10.5 Å². The Balaban J connectivity index is 1.96. The van der Waals surface area contributed by atoms with Gasteiger partial charge in [-0.2, -0.15) is 13.8 Å². The highest BCUT2D eigenvalue weighted by molar-refractivity contribution is 7.93. The third-order valence-electron chi connectivity index (χ3n) is 2.59. The number of fused-ring (bicyclic) bond motifs is 1. The van der Waals surface area contributed by atoms with Gasteiger partial charge in [0.25, 0.3) is 10.0 Å². The summed E-state index contributed by atoms with van der Waals surface area (Å²) in [4.78, 5) is 10.7. The van der Waals surface area contributed by atoms with Gasteiger partial charge < -0.3 is 5.11 Å². The molecule has 2 heterocycles. The molecule has 1 aliphatic rings.